The third kappa shape index (κ3) is 4.67. The molecular weight excluding hydrogens is 228 g/mol. The molecule has 0 heterocycles. The molecule has 2 N–H and O–H groups in total. The lowest BCUT2D eigenvalue weighted by Gasteiger charge is -2.28. The van der Waals surface area contributed by atoms with Crippen molar-refractivity contribution in [2.24, 2.45) is 11.8 Å². The second-order valence-electron chi connectivity index (χ2n) is 5.88. The van der Waals surface area contributed by atoms with Crippen LogP contribution in [0, 0.1) is 11.8 Å². The van der Waals surface area contributed by atoms with E-state index in [2.05, 4.69) is 10.6 Å². The molecule has 1 aliphatic carbocycles. The van der Waals surface area contributed by atoms with Crippen LogP contribution < -0.4 is 10.6 Å². The first kappa shape index (κ1) is 15.0. The fourth-order valence-electron chi connectivity index (χ4n) is 2.42. The minimum absolute atomic E-state index is 0.0931. The van der Waals surface area contributed by atoms with Crippen molar-refractivity contribution in [3.8, 4) is 0 Å². The van der Waals surface area contributed by atoms with Crippen LogP contribution in [-0.4, -0.2) is 23.9 Å². The summed E-state index contributed by atoms with van der Waals surface area (Å²) in [4.78, 5) is 23.7. The SMILES string of the molecule is CC(C)NC(=O)C1CCC(C(=O)NC(C)C)CC1. The first-order valence-corrected chi connectivity index (χ1v) is 7.01. The van der Waals surface area contributed by atoms with E-state index in [1.54, 1.807) is 0 Å². The van der Waals surface area contributed by atoms with Crippen LogP contribution >= 0.6 is 0 Å². The van der Waals surface area contributed by atoms with Crippen molar-refractivity contribution in [3.63, 3.8) is 0 Å². The molecule has 0 unspecified atom stereocenters. The van der Waals surface area contributed by atoms with Crippen molar-refractivity contribution in [2.45, 2.75) is 65.5 Å². The zero-order valence-electron chi connectivity index (χ0n) is 12.0. The maximum absolute atomic E-state index is 11.9. The Morgan fingerprint density at radius 3 is 1.28 bits per heavy atom. The van der Waals surface area contributed by atoms with Crippen LogP contribution in [0.1, 0.15) is 53.4 Å². The maximum Gasteiger partial charge on any atom is 0.223 e. The summed E-state index contributed by atoms with van der Waals surface area (Å²) in [7, 11) is 0. The summed E-state index contributed by atoms with van der Waals surface area (Å²) >= 11 is 0. The second-order valence-corrected chi connectivity index (χ2v) is 5.88. The van der Waals surface area contributed by atoms with Gasteiger partial charge in [0.1, 0.15) is 0 Å². The summed E-state index contributed by atoms with van der Waals surface area (Å²) in [6.45, 7) is 7.89. The Labute approximate surface area is 110 Å². The minimum Gasteiger partial charge on any atom is -0.354 e. The Balaban J connectivity index is 2.36. The Kier molecular flexibility index (Phi) is 5.63. The van der Waals surface area contributed by atoms with Gasteiger partial charge in [-0.1, -0.05) is 0 Å². The van der Waals surface area contributed by atoms with Crippen molar-refractivity contribution in [1.29, 1.82) is 0 Å². The molecule has 1 rings (SSSR count). The lowest BCUT2D eigenvalue weighted by molar-refractivity contribution is -0.131. The van der Waals surface area contributed by atoms with Gasteiger partial charge in [0.2, 0.25) is 11.8 Å². The number of rotatable bonds is 4. The van der Waals surface area contributed by atoms with Crippen LogP contribution in [0.5, 0.6) is 0 Å². The maximum atomic E-state index is 11.9. The van der Waals surface area contributed by atoms with E-state index in [0.717, 1.165) is 25.7 Å². The fraction of sp³-hybridized carbons (Fsp3) is 0.857. The van der Waals surface area contributed by atoms with Gasteiger partial charge in [-0.25, -0.2) is 0 Å². The van der Waals surface area contributed by atoms with Gasteiger partial charge in [0.05, 0.1) is 0 Å². The van der Waals surface area contributed by atoms with E-state index in [1.165, 1.54) is 0 Å². The van der Waals surface area contributed by atoms with E-state index < -0.39 is 0 Å². The quantitative estimate of drug-likeness (QED) is 0.804. The van der Waals surface area contributed by atoms with E-state index >= 15 is 0 Å². The molecule has 18 heavy (non-hydrogen) atoms. The average Bonchev–Trinajstić information content (AvgIpc) is 2.27. The van der Waals surface area contributed by atoms with Gasteiger partial charge in [-0.3, -0.25) is 9.59 Å². The molecule has 2 amide bonds. The molecule has 0 aromatic rings. The molecule has 4 nitrogen and oxygen atoms in total. The lowest BCUT2D eigenvalue weighted by Crippen LogP contribution is -2.40. The Morgan fingerprint density at radius 2 is 1.06 bits per heavy atom. The highest BCUT2D eigenvalue weighted by molar-refractivity contribution is 5.81. The van der Waals surface area contributed by atoms with E-state index in [9.17, 15) is 9.59 Å². The van der Waals surface area contributed by atoms with Crippen LogP contribution in [0.25, 0.3) is 0 Å². The van der Waals surface area contributed by atoms with E-state index in [-0.39, 0.29) is 35.7 Å². The smallest absolute Gasteiger partial charge is 0.223 e. The van der Waals surface area contributed by atoms with Gasteiger partial charge in [0, 0.05) is 23.9 Å². The molecule has 0 atom stereocenters. The summed E-state index contributed by atoms with van der Waals surface area (Å²) < 4.78 is 0. The van der Waals surface area contributed by atoms with Crippen LogP contribution in [0.4, 0.5) is 0 Å². The standard InChI is InChI=1S/C14H26N2O2/c1-9(2)15-13(17)11-5-7-12(8-6-11)14(18)16-10(3)4/h9-12H,5-8H2,1-4H3,(H,15,17)(H,16,18). The number of hydrogen-bond acceptors (Lipinski definition) is 2. The molecule has 0 bridgehead atoms. The van der Waals surface area contributed by atoms with Crippen molar-refractivity contribution >= 4 is 11.8 Å². The molecule has 4 heteroatoms. The molecule has 0 aliphatic heterocycles. The highest BCUT2D eigenvalue weighted by Crippen LogP contribution is 2.29. The van der Waals surface area contributed by atoms with Gasteiger partial charge in [-0.2, -0.15) is 0 Å². The number of amides is 2. The van der Waals surface area contributed by atoms with Crippen LogP contribution in [0.2, 0.25) is 0 Å². The zero-order valence-corrected chi connectivity index (χ0v) is 12.0. The number of carbonyl (C=O) groups excluding carboxylic acids is 2. The molecule has 0 spiro atoms. The van der Waals surface area contributed by atoms with Crippen LogP contribution in [-0.2, 0) is 9.59 Å². The number of nitrogens with one attached hydrogen (secondary N) is 2. The molecule has 1 aliphatic rings. The van der Waals surface area contributed by atoms with Crippen LogP contribution in [0.15, 0.2) is 0 Å². The Bertz CT molecular complexity index is 262. The van der Waals surface area contributed by atoms with Gasteiger partial charge in [0.15, 0.2) is 0 Å². The molecule has 1 fully saturated rings. The summed E-state index contributed by atoms with van der Waals surface area (Å²) in [5, 5.41) is 5.90. The summed E-state index contributed by atoms with van der Waals surface area (Å²) in [5.74, 6) is 0.478. The van der Waals surface area contributed by atoms with Gasteiger partial charge in [-0.15, -0.1) is 0 Å². The monoisotopic (exact) mass is 254 g/mol. The molecule has 0 saturated heterocycles. The summed E-state index contributed by atoms with van der Waals surface area (Å²) in [5.41, 5.74) is 0. The minimum atomic E-state index is 0.0931. The van der Waals surface area contributed by atoms with Gasteiger partial charge >= 0.3 is 0 Å². The summed E-state index contributed by atoms with van der Waals surface area (Å²) in [6, 6.07) is 0.388. The Morgan fingerprint density at radius 1 is 0.778 bits per heavy atom. The zero-order chi connectivity index (χ0) is 13.7. The first-order chi connectivity index (χ1) is 8.40. The van der Waals surface area contributed by atoms with Gasteiger partial charge in [-0.05, 0) is 53.4 Å². The van der Waals surface area contributed by atoms with E-state index in [1.807, 2.05) is 27.7 Å². The molecule has 0 radical (unpaired) electrons. The second kappa shape index (κ2) is 6.76. The third-order valence-corrected chi connectivity index (χ3v) is 3.33. The normalized spacial score (nSPS) is 24.1. The molecule has 0 aromatic carbocycles. The number of carbonyl (C=O) groups is 2. The van der Waals surface area contributed by atoms with Crippen LogP contribution in [0.3, 0.4) is 0 Å². The van der Waals surface area contributed by atoms with Gasteiger partial charge in [0.25, 0.3) is 0 Å². The topological polar surface area (TPSA) is 58.2 Å². The van der Waals surface area contributed by atoms with Crippen molar-refractivity contribution < 1.29 is 9.59 Å². The molecule has 1 saturated carbocycles. The highest BCUT2D eigenvalue weighted by Gasteiger charge is 2.30. The van der Waals surface area contributed by atoms with Crippen molar-refractivity contribution in [2.75, 3.05) is 0 Å². The fourth-order valence-corrected chi connectivity index (χ4v) is 2.42. The molecular formula is C14H26N2O2. The average molecular weight is 254 g/mol. The first-order valence-electron chi connectivity index (χ1n) is 7.01. The Hall–Kier alpha value is -1.06. The van der Waals surface area contributed by atoms with Gasteiger partial charge < -0.3 is 10.6 Å². The van der Waals surface area contributed by atoms with E-state index in [4.69, 9.17) is 0 Å². The highest BCUT2D eigenvalue weighted by atomic mass is 16.2. The largest absolute Gasteiger partial charge is 0.354 e. The predicted molar refractivity (Wildman–Crippen MR) is 72.0 cm³/mol. The summed E-state index contributed by atoms with van der Waals surface area (Å²) in [6.07, 6.45) is 3.31. The molecule has 0 aromatic heterocycles. The third-order valence-electron chi connectivity index (χ3n) is 3.33. The number of hydrogen-bond donors (Lipinski definition) is 2. The predicted octanol–water partition coefficient (Wildman–Crippen LogP) is 1.84. The van der Waals surface area contributed by atoms with Crippen molar-refractivity contribution in [3.05, 3.63) is 0 Å². The van der Waals surface area contributed by atoms with E-state index in [0.29, 0.717) is 0 Å². The van der Waals surface area contributed by atoms with Crippen molar-refractivity contribution in [1.82, 2.24) is 10.6 Å². The lowest BCUT2D eigenvalue weighted by atomic mass is 9.81. The molecule has 104 valence electrons.